The van der Waals surface area contributed by atoms with E-state index in [4.69, 9.17) is 5.26 Å². The van der Waals surface area contributed by atoms with Crippen molar-refractivity contribution in [3.63, 3.8) is 0 Å². The van der Waals surface area contributed by atoms with Gasteiger partial charge in [0.2, 0.25) is 0 Å². The van der Waals surface area contributed by atoms with E-state index in [-0.39, 0.29) is 0 Å². The molecule has 0 spiro atoms. The first kappa shape index (κ1) is 10.8. The molecule has 0 aliphatic carbocycles. The Morgan fingerprint density at radius 3 is 2.93 bits per heavy atom. The van der Waals surface area contributed by atoms with Crippen LogP contribution in [-0.4, -0.2) is 13.6 Å². The maximum absolute atomic E-state index is 8.91. The van der Waals surface area contributed by atoms with Crippen LogP contribution in [0, 0.1) is 11.3 Å². The molecule has 14 heavy (non-hydrogen) atoms. The number of benzene rings is 1. The number of hydrogen-bond donors (Lipinski definition) is 0. The van der Waals surface area contributed by atoms with Gasteiger partial charge in [-0.15, -0.1) is 6.58 Å². The Morgan fingerprint density at radius 2 is 2.36 bits per heavy atom. The fourth-order valence-electron chi connectivity index (χ4n) is 1.21. The Balaban J connectivity index is 3.11. The van der Waals surface area contributed by atoms with E-state index in [1.54, 1.807) is 6.07 Å². The standard InChI is InChI=1S/C11H11BrN2/c1-3-6-14(2)11-7-10(12)5-4-9(11)8-13/h3-5,7H,1,6H2,2H3. The summed E-state index contributed by atoms with van der Waals surface area (Å²) in [5.74, 6) is 0. The lowest BCUT2D eigenvalue weighted by atomic mass is 10.2. The molecule has 0 atom stereocenters. The normalized spacial score (nSPS) is 9.21. The first-order chi connectivity index (χ1) is 6.69. The van der Waals surface area contributed by atoms with E-state index < -0.39 is 0 Å². The van der Waals surface area contributed by atoms with Crippen molar-refractivity contribution < 1.29 is 0 Å². The van der Waals surface area contributed by atoms with E-state index in [0.717, 1.165) is 16.7 Å². The second-order valence-corrected chi connectivity index (χ2v) is 3.86. The van der Waals surface area contributed by atoms with Gasteiger partial charge in [0.25, 0.3) is 0 Å². The van der Waals surface area contributed by atoms with Crippen LogP contribution in [0.4, 0.5) is 5.69 Å². The van der Waals surface area contributed by atoms with Crippen LogP contribution < -0.4 is 4.90 Å². The topological polar surface area (TPSA) is 27.0 Å². The van der Waals surface area contributed by atoms with E-state index in [1.165, 1.54) is 0 Å². The Kier molecular flexibility index (Phi) is 3.73. The average molecular weight is 251 g/mol. The molecule has 0 N–H and O–H groups in total. The molecule has 0 saturated heterocycles. The molecule has 0 unspecified atom stereocenters. The number of likely N-dealkylation sites (N-methyl/N-ethyl adjacent to an activating group) is 1. The molecule has 3 heteroatoms. The van der Waals surface area contributed by atoms with E-state index in [9.17, 15) is 0 Å². The van der Waals surface area contributed by atoms with Gasteiger partial charge in [0.15, 0.2) is 0 Å². The summed E-state index contributed by atoms with van der Waals surface area (Å²) in [6, 6.07) is 7.77. The zero-order chi connectivity index (χ0) is 10.6. The Labute approximate surface area is 92.6 Å². The average Bonchev–Trinajstić information content (AvgIpc) is 2.18. The van der Waals surface area contributed by atoms with Gasteiger partial charge < -0.3 is 4.90 Å². The minimum atomic E-state index is 0.678. The summed E-state index contributed by atoms with van der Waals surface area (Å²) in [5.41, 5.74) is 1.60. The van der Waals surface area contributed by atoms with Gasteiger partial charge in [-0.05, 0) is 18.2 Å². The van der Waals surface area contributed by atoms with Gasteiger partial charge in [-0.2, -0.15) is 5.26 Å². The quantitative estimate of drug-likeness (QED) is 0.772. The van der Waals surface area contributed by atoms with Gasteiger partial charge in [0, 0.05) is 18.1 Å². The zero-order valence-electron chi connectivity index (χ0n) is 8.00. The van der Waals surface area contributed by atoms with Crippen LogP contribution in [0.3, 0.4) is 0 Å². The maximum atomic E-state index is 8.91. The summed E-state index contributed by atoms with van der Waals surface area (Å²) in [4.78, 5) is 1.98. The highest BCUT2D eigenvalue weighted by atomic mass is 79.9. The van der Waals surface area contributed by atoms with Crippen molar-refractivity contribution in [3.05, 3.63) is 40.9 Å². The van der Waals surface area contributed by atoms with Gasteiger partial charge in [0.05, 0.1) is 11.3 Å². The molecular formula is C11H11BrN2. The van der Waals surface area contributed by atoms with E-state index in [0.29, 0.717) is 5.56 Å². The number of halogens is 1. The molecule has 1 aromatic rings. The molecule has 2 nitrogen and oxygen atoms in total. The summed E-state index contributed by atoms with van der Waals surface area (Å²) < 4.78 is 0.974. The van der Waals surface area contributed by atoms with Crippen molar-refractivity contribution in [1.29, 1.82) is 5.26 Å². The lowest BCUT2D eigenvalue weighted by Gasteiger charge is -2.18. The molecular weight excluding hydrogens is 240 g/mol. The molecule has 1 rings (SSSR count). The number of hydrogen-bond acceptors (Lipinski definition) is 2. The third-order valence-electron chi connectivity index (χ3n) is 1.89. The highest BCUT2D eigenvalue weighted by Gasteiger charge is 2.06. The molecule has 0 aromatic heterocycles. The molecule has 0 fully saturated rings. The maximum Gasteiger partial charge on any atom is 0.101 e. The van der Waals surface area contributed by atoms with Crippen LogP contribution in [0.15, 0.2) is 35.3 Å². The summed E-state index contributed by atoms with van der Waals surface area (Å²) >= 11 is 3.38. The molecule has 0 amide bonds. The van der Waals surface area contributed by atoms with Crippen molar-refractivity contribution in [2.24, 2.45) is 0 Å². The highest BCUT2D eigenvalue weighted by molar-refractivity contribution is 9.10. The summed E-state index contributed by atoms with van der Waals surface area (Å²) in [5, 5.41) is 8.91. The zero-order valence-corrected chi connectivity index (χ0v) is 9.58. The molecule has 0 saturated carbocycles. The van der Waals surface area contributed by atoms with Crippen LogP contribution in [0.2, 0.25) is 0 Å². The minimum Gasteiger partial charge on any atom is -0.370 e. The molecule has 0 radical (unpaired) electrons. The SMILES string of the molecule is C=CCN(C)c1cc(Br)ccc1C#N. The van der Waals surface area contributed by atoms with Crippen LogP contribution in [0.25, 0.3) is 0 Å². The van der Waals surface area contributed by atoms with Crippen molar-refractivity contribution in [1.82, 2.24) is 0 Å². The first-order valence-corrected chi connectivity index (χ1v) is 5.00. The van der Waals surface area contributed by atoms with Gasteiger partial charge in [-0.1, -0.05) is 22.0 Å². The monoisotopic (exact) mass is 250 g/mol. The highest BCUT2D eigenvalue weighted by Crippen LogP contribution is 2.23. The molecule has 72 valence electrons. The fraction of sp³-hybridized carbons (Fsp3) is 0.182. The Hall–Kier alpha value is -1.27. The van der Waals surface area contributed by atoms with Gasteiger partial charge >= 0.3 is 0 Å². The van der Waals surface area contributed by atoms with Crippen LogP contribution >= 0.6 is 15.9 Å². The van der Waals surface area contributed by atoms with Crippen molar-refractivity contribution in [3.8, 4) is 6.07 Å². The second kappa shape index (κ2) is 4.83. The molecule has 0 heterocycles. The lowest BCUT2D eigenvalue weighted by Crippen LogP contribution is -2.17. The number of nitrogens with zero attached hydrogens (tertiary/aromatic N) is 2. The summed E-state index contributed by atoms with van der Waals surface area (Å²) in [6.07, 6.45) is 1.81. The van der Waals surface area contributed by atoms with E-state index >= 15 is 0 Å². The number of rotatable bonds is 3. The summed E-state index contributed by atoms with van der Waals surface area (Å²) in [7, 11) is 1.93. The van der Waals surface area contributed by atoms with Gasteiger partial charge in [0.1, 0.15) is 6.07 Å². The van der Waals surface area contributed by atoms with Gasteiger partial charge in [-0.3, -0.25) is 0 Å². The van der Waals surface area contributed by atoms with Crippen LogP contribution in [0.1, 0.15) is 5.56 Å². The number of nitriles is 1. The van der Waals surface area contributed by atoms with E-state index in [1.807, 2.05) is 30.2 Å². The third-order valence-corrected chi connectivity index (χ3v) is 2.39. The van der Waals surface area contributed by atoms with Crippen molar-refractivity contribution in [2.75, 3.05) is 18.5 Å². The van der Waals surface area contributed by atoms with E-state index in [2.05, 4.69) is 28.6 Å². The molecule has 0 bridgehead atoms. The number of anilines is 1. The lowest BCUT2D eigenvalue weighted by molar-refractivity contribution is 1.03. The second-order valence-electron chi connectivity index (χ2n) is 2.94. The smallest absolute Gasteiger partial charge is 0.101 e. The molecule has 0 aliphatic heterocycles. The Morgan fingerprint density at radius 1 is 1.64 bits per heavy atom. The predicted octanol–water partition coefficient (Wildman–Crippen LogP) is 2.94. The predicted molar refractivity (Wildman–Crippen MR) is 62.3 cm³/mol. The minimum absolute atomic E-state index is 0.678. The van der Waals surface area contributed by atoms with Crippen LogP contribution in [-0.2, 0) is 0 Å². The van der Waals surface area contributed by atoms with Crippen molar-refractivity contribution in [2.45, 2.75) is 0 Å². The summed E-state index contributed by atoms with van der Waals surface area (Å²) in [6.45, 7) is 4.40. The van der Waals surface area contributed by atoms with Gasteiger partial charge in [-0.25, -0.2) is 0 Å². The largest absolute Gasteiger partial charge is 0.370 e. The Bertz CT molecular complexity index is 379. The van der Waals surface area contributed by atoms with Crippen LogP contribution in [0.5, 0.6) is 0 Å². The fourth-order valence-corrected chi connectivity index (χ4v) is 1.56. The first-order valence-electron chi connectivity index (χ1n) is 4.20. The van der Waals surface area contributed by atoms with Crippen molar-refractivity contribution >= 4 is 21.6 Å². The third kappa shape index (κ3) is 2.36. The molecule has 0 aliphatic rings. The molecule has 1 aromatic carbocycles.